The molecule has 0 radical (unpaired) electrons. The van der Waals surface area contributed by atoms with Crippen LogP contribution < -0.4 is 5.73 Å². The van der Waals surface area contributed by atoms with Gasteiger partial charge in [0.2, 0.25) is 0 Å². The van der Waals surface area contributed by atoms with E-state index in [1.165, 1.54) is 32.2 Å². The van der Waals surface area contributed by atoms with E-state index in [-0.39, 0.29) is 12.4 Å². The van der Waals surface area contributed by atoms with Crippen LogP contribution in [0.3, 0.4) is 0 Å². The molecular formula is C10H21ClN2O. The fourth-order valence-electron chi connectivity index (χ4n) is 2.63. The van der Waals surface area contributed by atoms with Crippen molar-refractivity contribution in [1.82, 2.24) is 4.90 Å². The summed E-state index contributed by atoms with van der Waals surface area (Å²) in [5, 5.41) is 0. The van der Waals surface area contributed by atoms with Gasteiger partial charge in [-0.05, 0) is 25.7 Å². The Morgan fingerprint density at radius 1 is 1.29 bits per heavy atom. The number of fused-ring (bicyclic) bond motifs is 1. The molecule has 1 saturated carbocycles. The van der Waals surface area contributed by atoms with Gasteiger partial charge in [-0.1, -0.05) is 0 Å². The summed E-state index contributed by atoms with van der Waals surface area (Å²) in [7, 11) is 0. The molecule has 0 aromatic rings. The molecule has 1 saturated heterocycles. The van der Waals surface area contributed by atoms with Gasteiger partial charge in [0.15, 0.2) is 0 Å². The Balaban J connectivity index is 0.000000980. The van der Waals surface area contributed by atoms with E-state index in [9.17, 15) is 0 Å². The zero-order valence-corrected chi connectivity index (χ0v) is 9.47. The zero-order valence-electron chi connectivity index (χ0n) is 8.65. The molecule has 1 aliphatic heterocycles. The van der Waals surface area contributed by atoms with E-state index in [4.69, 9.17) is 10.5 Å². The summed E-state index contributed by atoms with van der Waals surface area (Å²) in [6.45, 7) is 3.95. The maximum atomic E-state index is 5.82. The first-order valence-corrected chi connectivity index (χ1v) is 5.47. The fourth-order valence-corrected chi connectivity index (χ4v) is 2.63. The van der Waals surface area contributed by atoms with E-state index in [1.54, 1.807) is 0 Å². The highest BCUT2D eigenvalue weighted by atomic mass is 35.5. The minimum absolute atomic E-state index is 0. The van der Waals surface area contributed by atoms with Crippen molar-refractivity contribution in [3.63, 3.8) is 0 Å². The van der Waals surface area contributed by atoms with Gasteiger partial charge < -0.3 is 10.5 Å². The second-order valence-corrected chi connectivity index (χ2v) is 4.09. The molecule has 0 spiro atoms. The van der Waals surface area contributed by atoms with Crippen LogP contribution in [0.5, 0.6) is 0 Å². The second-order valence-electron chi connectivity index (χ2n) is 4.09. The van der Waals surface area contributed by atoms with Gasteiger partial charge in [-0.2, -0.15) is 0 Å². The normalized spacial score (nSPS) is 33.2. The standard InChI is InChI=1S/C10H20N2O.ClH/c11-5-7-12-6-2-8-13-10-4-1-3-9(10)12;/h9-10H,1-8,11H2;1H. The quantitative estimate of drug-likeness (QED) is 0.755. The van der Waals surface area contributed by atoms with E-state index in [0.29, 0.717) is 12.1 Å². The van der Waals surface area contributed by atoms with Crippen molar-refractivity contribution in [2.45, 2.75) is 37.8 Å². The predicted molar refractivity (Wildman–Crippen MR) is 59.9 cm³/mol. The van der Waals surface area contributed by atoms with Crippen molar-refractivity contribution in [1.29, 1.82) is 0 Å². The van der Waals surface area contributed by atoms with Gasteiger partial charge in [0, 0.05) is 32.3 Å². The molecule has 2 atom stereocenters. The number of nitrogens with two attached hydrogens (primary N) is 1. The second kappa shape index (κ2) is 5.91. The molecule has 2 unspecified atom stereocenters. The van der Waals surface area contributed by atoms with E-state index in [0.717, 1.165) is 19.7 Å². The van der Waals surface area contributed by atoms with Crippen molar-refractivity contribution >= 4 is 12.4 Å². The largest absolute Gasteiger partial charge is 0.377 e. The van der Waals surface area contributed by atoms with Crippen LogP contribution in [-0.2, 0) is 4.74 Å². The van der Waals surface area contributed by atoms with Crippen molar-refractivity contribution in [2.24, 2.45) is 5.73 Å². The van der Waals surface area contributed by atoms with E-state index in [2.05, 4.69) is 4.90 Å². The highest BCUT2D eigenvalue weighted by Crippen LogP contribution is 2.28. The molecule has 84 valence electrons. The molecule has 2 fully saturated rings. The van der Waals surface area contributed by atoms with E-state index >= 15 is 0 Å². The van der Waals surface area contributed by atoms with Crippen LogP contribution in [0.4, 0.5) is 0 Å². The Labute approximate surface area is 92.4 Å². The topological polar surface area (TPSA) is 38.5 Å². The van der Waals surface area contributed by atoms with Gasteiger partial charge in [0.05, 0.1) is 6.10 Å². The van der Waals surface area contributed by atoms with Gasteiger partial charge in [-0.15, -0.1) is 12.4 Å². The summed E-state index contributed by atoms with van der Waals surface area (Å²) in [5.41, 5.74) is 5.61. The summed E-state index contributed by atoms with van der Waals surface area (Å²) in [5.74, 6) is 0. The molecule has 14 heavy (non-hydrogen) atoms. The first-order valence-electron chi connectivity index (χ1n) is 5.47. The average molecular weight is 221 g/mol. The third-order valence-electron chi connectivity index (χ3n) is 3.22. The maximum Gasteiger partial charge on any atom is 0.0730 e. The van der Waals surface area contributed by atoms with Crippen LogP contribution in [0.1, 0.15) is 25.7 Å². The third kappa shape index (κ3) is 2.60. The number of rotatable bonds is 2. The summed E-state index contributed by atoms with van der Waals surface area (Å²) in [6.07, 6.45) is 5.58. The van der Waals surface area contributed by atoms with Crippen molar-refractivity contribution in [3.05, 3.63) is 0 Å². The number of nitrogens with zero attached hydrogens (tertiary/aromatic N) is 1. The van der Waals surface area contributed by atoms with E-state index < -0.39 is 0 Å². The highest BCUT2D eigenvalue weighted by Gasteiger charge is 2.33. The predicted octanol–water partition coefficient (Wildman–Crippen LogP) is 1.01. The zero-order chi connectivity index (χ0) is 9.10. The average Bonchev–Trinajstić information content (AvgIpc) is 2.52. The summed E-state index contributed by atoms with van der Waals surface area (Å²) in [4.78, 5) is 2.53. The SMILES string of the molecule is Cl.NCCN1CCCOC2CCCC21. The van der Waals surface area contributed by atoms with Gasteiger partial charge in [-0.25, -0.2) is 0 Å². The number of hydrogen-bond donors (Lipinski definition) is 1. The first-order chi connectivity index (χ1) is 6.42. The molecule has 2 rings (SSSR count). The van der Waals surface area contributed by atoms with Gasteiger partial charge in [0.25, 0.3) is 0 Å². The molecule has 2 aliphatic rings. The Kier molecular flexibility index (Phi) is 5.17. The Morgan fingerprint density at radius 3 is 2.93 bits per heavy atom. The van der Waals surface area contributed by atoms with Crippen LogP contribution in [0, 0.1) is 0 Å². The minimum atomic E-state index is 0. The van der Waals surface area contributed by atoms with Gasteiger partial charge in [0.1, 0.15) is 0 Å². The van der Waals surface area contributed by atoms with Crippen LogP contribution in [0.25, 0.3) is 0 Å². The monoisotopic (exact) mass is 220 g/mol. The molecule has 0 bridgehead atoms. The molecule has 3 nitrogen and oxygen atoms in total. The molecule has 1 heterocycles. The summed E-state index contributed by atoms with van der Waals surface area (Å²) < 4.78 is 5.82. The number of ether oxygens (including phenoxy) is 1. The molecule has 4 heteroatoms. The first kappa shape index (κ1) is 12.2. The van der Waals surface area contributed by atoms with Crippen LogP contribution in [-0.4, -0.2) is 43.3 Å². The summed E-state index contributed by atoms with van der Waals surface area (Å²) in [6, 6.07) is 0.672. The molecule has 2 N–H and O–H groups in total. The molecular weight excluding hydrogens is 200 g/mol. The Morgan fingerprint density at radius 2 is 2.14 bits per heavy atom. The van der Waals surface area contributed by atoms with Crippen LogP contribution >= 0.6 is 12.4 Å². The number of halogens is 1. The Bertz CT molecular complexity index is 168. The smallest absolute Gasteiger partial charge is 0.0730 e. The van der Waals surface area contributed by atoms with E-state index in [1.807, 2.05) is 0 Å². The molecule has 0 aromatic heterocycles. The summed E-state index contributed by atoms with van der Waals surface area (Å²) >= 11 is 0. The van der Waals surface area contributed by atoms with Crippen molar-refractivity contribution < 1.29 is 4.74 Å². The number of hydrogen-bond acceptors (Lipinski definition) is 3. The maximum absolute atomic E-state index is 5.82. The molecule has 1 aliphatic carbocycles. The molecule has 0 aromatic carbocycles. The Hall–Kier alpha value is 0.170. The van der Waals surface area contributed by atoms with Crippen LogP contribution in [0.2, 0.25) is 0 Å². The lowest BCUT2D eigenvalue weighted by atomic mass is 10.2. The lowest BCUT2D eigenvalue weighted by Crippen LogP contribution is -2.42. The van der Waals surface area contributed by atoms with Gasteiger partial charge in [-0.3, -0.25) is 4.90 Å². The third-order valence-corrected chi connectivity index (χ3v) is 3.22. The fraction of sp³-hybridized carbons (Fsp3) is 1.00. The van der Waals surface area contributed by atoms with Gasteiger partial charge >= 0.3 is 0 Å². The van der Waals surface area contributed by atoms with Crippen LogP contribution in [0.15, 0.2) is 0 Å². The highest BCUT2D eigenvalue weighted by molar-refractivity contribution is 5.85. The lowest BCUT2D eigenvalue weighted by Gasteiger charge is -2.29. The lowest BCUT2D eigenvalue weighted by molar-refractivity contribution is 0.0340. The van der Waals surface area contributed by atoms with Crippen molar-refractivity contribution in [2.75, 3.05) is 26.2 Å². The minimum Gasteiger partial charge on any atom is -0.377 e. The van der Waals surface area contributed by atoms with Crippen molar-refractivity contribution in [3.8, 4) is 0 Å². The molecule has 0 amide bonds.